The number of furan rings is 1. The Hall–Kier alpha value is -2.62. The van der Waals surface area contributed by atoms with Crippen LogP contribution in [0.15, 0.2) is 75.1 Å². The van der Waals surface area contributed by atoms with Gasteiger partial charge in [0.15, 0.2) is 15.0 Å². The number of rotatable bonds is 7. The Labute approximate surface area is 188 Å². The first-order valence-corrected chi connectivity index (χ1v) is 13.2. The van der Waals surface area contributed by atoms with Gasteiger partial charge in [0.1, 0.15) is 5.76 Å². The first-order chi connectivity index (χ1) is 14.9. The molecule has 6 nitrogen and oxygen atoms in total. The van der Waals surface area contributed by atoms with Crippen LogP contribution in [0, 0.1) is 0 Å². The molecule has 0 spiro atoms. The molecule has 31 heavy (non-hydrogen) atoms. The molecule has 9 heteroatoms. The minimum Gasteiger partial charge on any atom is -0.467 e. The van der Waals surface area contributed by atoms with E-state index in [1.165, 1.54) is 28.6 Å². The number of benzene rings is 2. The number of amides is 1. The normalized spacial score (nSPS) is 11.7. The average molecular weight is 473 g/mol. The molecule has 160 valence electrons. The summed E-state index contributed by atoms with van der Waals surface area (Å²) in [4.78, 5) is 20.9. The van der Waals surface area contributed by atoms with Gasteiger partial charge in [-0.1, -0.05) is 30.4 Å². The van der Waals surface area contributed by atoms with Gasteiger partial charge >= 0.3 is 0 Å². The number of fused-ring (bicyclic) bond motifs is 1. The lowest BCUT2D eigenvalue weighted by Crippen LogP contribution is -2.31. The van der Waals surface area contributed by atoms with E-state index in [1.807, 2.05) is 24.5 Å². The van der Waals surface area contributed by atoms with E-state index >= 15 is 0 Å². The van der Waals surface area contributed by atoms with Crippen molar-refractivity contribution in [3.8, 4) is 0 Å². The Morgan fingerprint density at radius 2 is 1.97 bits per heavy atom. The van der Waals surface area contributed by atoms with Gasteiger partial charge in [-0.3, -0.25) is 9.69 Å². The zero-order chi connectivity index (χ0) is 22.0. The molecule has 2 aromatic heterocycles. The summed E-state index contributed by atoms with van der Waals surface area (Å²) in [5.74, 6) is 0.0510. The number of carbonyl (C=O) groups excluding carboxylic acids is 1. The van der Waals surface area contributed by atoms with Gasteiger partial charge in [-0.25, -0.2) is 13.4 Å². The molecule has 0 bridgehead atoms. The van der Waals surface area contributed by atoms with Crippen LogP contribution in [-0.2, 0) is 16.4 Å². The van der Waals surface area contributed by atoms with Gasteiger partial charge in [0.25, 0.3) is 5.91 Å². The lowest BCUT2D eigenvalue weighted by atomic mass is 10.2. The highest BCUT2D eigenvalue weighted by Gasteiger charge is 2.28. The van der Waals surface area contributed by atoms with Crippen molar-refractivity contribution in [1.29, 1.82) is 0 Å². The van der Waals surface area contributed by atoms with E-state index in [0.29, 0.717) is 10.9 Å². The second-order valence-electron chi connectivity index (χ2n) is 6.70. The zero-order valence-corrected chi connectivity index (χ0v) is 19.4. The monoisotopic (exact) mass is 472 g/mol. The van der Waals surface area contributed by atoms with Crippen molar-refractivity contribution in [2.75, 3.05) is 16.9 Å². The van der Waals surface area contributed by atoms with E-state index in [0.717, 1.165) is 15.1 Å². The van der Waals surface area contributed by atoms with Gasteiger partial charge in [-0.2, -0.15) is 0 Å². The number of sulfone groups is 1. The van der Waals surface area contributed by atoms with Crippen LogP contribution in [0.25, 0.3) is 10.2 Å². The molecule has 0 aliphatic heterocycles. The van der Waals surface area contributed by atoms with Gasteiger partial charge < -0.3 is 4.42 Å². The number of carbonyl (C=O) groups is 1. The molecule has 1 amide bonds. The Bertz CT molecular complexity index is 1330. The molecule has 0 saturated carbocycles. The maximum atomic E-state index is 13.6. The fraction of sp³-hybridized carbons (Fsp3) is 0.182. The van der Waals surface area contributed by atoms with Crippen molar-refractivity contribution in [2.24, 2.45) is 0 Å². The fourth-order valence-electron chi connectivity index (χ4n) is 3.14. The molecule has 0 unspecified atom stereocenters. The molecule has 2 aromatic carbocycles. The lowest BCUT2D eigenvalue weighted by molar-refractivity contribution is 0.0980. The maximum Gasteiger partial charge on any atom is 0.261 e. The van der Waals surface area contributed by atoms with Crippen LogP contribution < -0.4 is 4.90 Å². The van der Waals surface area contributed by atoms with E-state index in [-0.39, 0.29) is 22.8 Å². The minimum atomic E-state index is -3.58. The second-order valence-corrected chi connectivity index (χ2v) is 10.8. The summed E-state index contributed by atoms with van der Waals surface area (Å²) in [6.07, 6.45) is 3.54. The lowest BCUT2D eigenvalue weighted by Gasteiger charge is -2.20. The molecule has 0 fully saturated rings. The van der Waals surface area contributed by atoms with Crippen LogP contribution in [-0.4, -0.2) is 31.3 Å². The first-order valence-electron chi connectivity index (χ1n) is 9.53. The standard InChI is InChI=1S/C22H20N2O4S3/c1-3-31(26,27)20-9-5-4-8-17(20)21(25)24(14-15-7-6-12-28-15)22-23-18-11-10-16(29-2)13-19(18)30-22/h4-13H,3,14H2,1-2H3. The first kappa shape index (κ1) is 21.6. The number of aromatic nitrogens is 1. The largest absolute Gasteiger partial charge is 0.467 e. The average Bonchev–Trinajstić information content (AvgIpc) is 3.45. The predicted octanol–water partition coefficient (Wildman–Crippen LogP) is 5.25. The highest BCUT2D eigenvalue weighted by Crippen LogP contribution is 2.33. The summed E-state index contributed by atoms with van der Waals surface area (Å²) < 4.78 is 31.6. The Balaban J connectivity index is 1.82. The van der Waals surface area contributed by atoms with E-state index < -0.39 is 15.7 Å². The molecule has 2 heterocycles. The quantitative estimate of drug-likeness (QED) is 0.342. The maximum absolute atomic E-state index is 13.6. The van der Waals surface area contributed by atoms with Crippen LogP contribution in [0.1, 0.15) is 23.0 Å². The highest BCUT2D eigenvalue weighted by molar-refractivity contribution is 7.98. The summed E-state index contributed by atoms with van der Waals surface area (Å²) in [7, 11) is -3.58. The SMILES string of the molecule is CCS(=O)(=O)c1ccccc1C(=O)N(Cc1ccco1)c1nc2ccc(SC)cc2s1. The van der Waals surface area contributed by atoms with Crippen molar-refractivity contribution < 1.29 is 17.6 Å². The number of thioether (sulfide) groups is 1. The van der Waals surface area contributed by atoms with Crippen molar-refractivity contribution in [2.45, 2.75) is 23.3 Å². The third-order valence-electron chi connectivity index (χ3n) is 4.79. The number of nitrogens with zero attached hydrogens (tertiary/aromatic N) is 2. The fourth-order valence-corrected chi connectivity index (χ4v) is 5.74. The Kier molecular flexibility index (Phi) is 6.17. The Morgan fingerprint density at radius 1 is 1.16 bits per heavy atom. The summed E-state index contributed by atoms with van der Waals surface area (Å²) >= 11 is 3.02. The summed E-state index contributed by atoms with van der Waals surface area (Å²) in [6.45, 7) is 1.70. The van der Waals surface area contributed by atoms with Crippen LogP contribution in [0.2, 0.25) is 0 Å². The van der Waals surface area contributed by atoms with Crippen molar-refractivity contribution in [3.63, 3.8) is 0 Å². The van der Waals surface area contributed by atoms with Crippen LogP contribution >= 0.6 is 23.1 Å². The molecule has 0 aliphatic carbocycles. The number of hydrogen-bond donors (Lipinski definition) is 0. The molecule has 0 saturated heterocycles. The third-order valence-corrected chi connectivity index (χ3v) is 8.34. The summed E-state index contributed by atoms with van der Waals surface area (Å²) in [6, 6.07) is 15.8. The van der Waals surface area contributed by atoms with Crippen LogP contribution in [0.3, 0.4) is 0 Å². The molecule has 0 atom stereocenters. The molecule has 0 N–H and O–H groups in total. The van der Waals surface area contributed by atoms with Crippen molar-refractivity contribution in [3.05, 3.63) is 72.2 Å². The number of hydrogen-bond acceptors (Lipinski definition) is 7. The molecular formula is C22H20N2O4S3. The van der Waals surface area contributed by atoms with Crippen LogP contribution in [0.5, 0.6) is 0 Å². The van der Waals surface area contributed by atoms with Gasteiger partial charge in [-0.15, -0.1) is 11.8 Å². The van der Waals surface area contributed by atoms with E-state index in [9.17, 15) is 13.2 Å². The van der Waals surface area contributed by atoms with E-state index in [4.69, 9.17) is 4.42 Å². The smallest absolute Gasteiger partial charge is 0.261 e. The minimum absolute atomic E-state index is 0.0257. The topological polar surface area (TPSA) is 80.5 Å². The van der Waals surface area contributed by atoms with Gasteiger partial charge in [-0.05, 0) is 48.7 Å². The second kappa shape index (κ2) is 8.86. The molecule has 4 rings (SSSR count). The van der Waals surface area contributed by atoms with E-state index in [2.05, 4.69) is 4.98 Å². The summed E-state index contributed by atoms with van der Waals surface area (Å²) in [5, 5.41) is 0.485. The van der Waals surface area contributed by atoms with Crippen molar-refractivity contribution in [1.82, 2.24) is 4.98 Å². The zero-order valence-electron chi connectivity index (χ0n) is 16.9. The molecule has 4 aromatic rings. The molecular weight excluding hydrogens is 452 g/mol. The number of anilines is 1. The van der Waals surface area contributed by atoms with Gasteiger partial charge in [0, 0.05) is 4.90 Å². The highest BCUT2D eigenvalue weighted by atomic mass is 32.2. The van der Waals surface area contributed by atoms with Crippen LogP contribution in [0.4, 0.5) is 5.13 Å². The molecule has 0 aliphatic rings. The van der Waals surface area contributed by atoms with Gasteiger partial charge in [0.05, 0.1) is 39.2 Å². The third kappa shape index (κ3) is 4.39. The van der Waals surface area contributed by atoms with Gasteiger partial charge in [0.2, 0.25) is 0 Å². The van der Waals surface area contributed by atoms with E-state index in [1.54, 1.807) is 49.0 Å². The molecule has 0 radical (unpaired) electrons. The summed E-state index contributed by atoms with van der Waals surface area (Å²) in [5.41, 5.74) is 0.907. The Morgan fingerprint density at radius 3 is 2.68 bits per heavy atom. The predicted molar refractivity (Wildman–Crippen MR) is 125 cm³/mol. The number of thiazole rings is 1. The van der Waals surface area contributed by atoms with Crippen molar-refractivity contribution >= 4 is 54.2 Å².